The van der Waals surface area contributed by atoms with Crippen molar-refractivity contribution in [2.75, 3.05) is 12.5 Å². The highest BCUT2D eigenvalue weighted by molar-refractivity contribution is 6.18. The molecule has 1 aliphatic heterocycles. The van der Waals surface area contributed by atoms with E-state index in [4.69, 9.17) is 16.3 Å². The molecule has 17 heavy (non-hydrogen) atoms. The fourth-order valence-electron chi connectivity index (χ4n) is 2.43. The van der Waals surface area contributed by atoms with Crippen LogP contribution in [0.1, 0.15) is 42.7 Å². The number of rotatable bonds is 5. The van der Waals surface area contributed by atoms with Crippen LogP contribution >= 0.6 is 11.6 Å². The molecule has 0 saturated carbocycles. The first-order valence-electron chi connectivity index (χ1n) is 6.53. The van der Waals surface area contributed by atoms with Gasteiger partial charge in [-0.25, -0.2) is 0 Å². The van der Waals surface area contributed by atoms with Crippen molar-refractivity contribution in [1.29, 1.82) is 0 Å². The van der Waals surface area contributed by atoms with Gasteiger partial charge < -0.3 is 4.74 Å². The number of aryl methyl sites for hydroxylation is 1. The summed E-state index contributed by atoms with van der Waals surface area (Å²) in [7, 11) is 0. The molecule has 1 heterocycles. The molecule has 0 N–H and O–H groups in total. The average molecular weight is 253 g/mol. The molecular formula is C15H21ClO. The number of hydrogen-bond acceptors (Lipinski definition) is 1. The Morgan fingerprint density at radius 1 is 1.35 bits per heavy atom. The molecule has 0 aromatic heterocycles. The van der Waals surface area contributed by atoms with Crippen molar-refractivity contribution in [3.05, 3.63) is 35.4 Å². The summed E-state index contributed by atoms with van der Waals surface area (Å²) in [6, 6.07) is 8.75. The second-order valence-corrected chi connectivity index (χ2v) is 5.28. The maximum absolute atomic E-state index is 6.09. The van der Waals surface area contributed by atoms with E-state index < -0.39 is 0 Å². The van der Waals surface area contributed by atoms with Gasteiger partial charge in [0.1, 0.15) is 0 Å². The second kappa shape index (κ2) is 6.42. The van der Waals surface area contributed by atoms with Gasteiger partial charge in [-0.2, -0.15) is 0 Å². The Labute approximate surface area is 109 Å². The molecule has 0 amide bonds. The molecule has 2 unspecified atom stereocenters. The van der Waals surface area contributed by atoms with E-state index in [2.05, 4.69) is 31.2 Å². The first kappa shape index (κ1) is 12.9. The van der Waals surface area contributed by atoms with E-state index in [0.717, 1.165) is 19.4 Å². The highest BCUT2D eigenvalue weighted by Crippen LogP contribution is 2.27. The van der Waals surface area contributed by atoms with Crippen molar-refractivity contribution in [2.24, 2.45) is 0 Å². The van der Waals surface area contributed by atoms with Crippen LogP contribution in [0.15, 0.2) is 24.3 Å². The minimum absolute atomic E-state index is 0.474. The summed E-state index contributed by atoms with van der Waals surface area (Å²) in [6.45, 7) is 3.06. The highest BCUT2D eigenvalue weighted by atomic mass is 35.5. The number of benzene rings is 1. The Hall–Kier alpha value is -0.530. The van der Waals surface area contributed by atoms with Crippen LogP contribution in [0.25, 0.3) is 0 Å². The number of ether oxygens (including phenoxy) is 1. The Morgan fingerprint density at radius 3 is 2.71 bits per heavy atom. The summed E-state index contributed by atoms with van der Waals surface area (Å²) in [5.74, 6) is 1.18. The van der Waals surface area contributed by atoms with Gasteiger partial charge in [-0.05, 0) is 44.1 Å². The predicted molar refractivity (Wildman–Crippen MR) is 72.8 cm³/mol. The Kier molecular flexibility index (Phi) is 4.87. The molecule has 1 aromatic rings. The first-order valence-corrected chi connectivity index (χ1v) is 7.07. The van der Waals surface area contributed by atoms with Crippen LogP contribution in [0.3, 0.4) is 0 Å². The van der Waals surface area contributed by atoms with Gasteiger partial charge in [0.2, 0.25) is 0 Å². The SMILES string of the molecule is Cc1ccc(C(CCl)CCC2CCCO2)cc1. The van der Waals surface area contributed by atoms with E-state index in [1.807, 2.05) is 0 Å². The summed E-state index contributed by atoms with van der Waals surface area (Å²) in [5, 5.41) is 0. The van der Waals surface area contributed by atoms with Crippen LogP contribution in [0, 0.1) is 6.92 Å². The lowest BCUT2D eigenvalue weighted by Gasteiger charge is -2.17. The van der Waals surface area contributed by atoms with Crippen molar-refractivity contribution in [3.63, 3.8) is 0 Å². The van der Waals surface area contributed by atoms with Gasteiger partial charge in [0.15, 0.2) is 0 Å². The van der Waals surface area contributed by atoms with Gasteiger partial charge in [-0.15, -0.1) is 11.6 Å². The van der Waals surface area contributed by atoms with E-state index in [0.29, 0.717) is 17.9 Å². The summed E-state index contributed by atoms with van der Waals surface area (Å²) in [6.07, 6.45) is 5.21. The smallest absolute Gasteiger partial charge is 0.0576 e. The largest absolute Gasteiger partial charge is 0.378 e. The van der Waals surface area contributed by atoms with Crippen molar-refractivity contribution >= 4 is 11.6 Å². The van der Waals surface area contributed by atoms with Crippen molar-refractivity contribution in [1.82, 2.24) is 0 Å². The van der Waals surface area contributed by atoms with E-state index in [1.165, 1.54) is 24.0 Å². The van der Waals surface area contributed by atoms with Crippen molar-refractivity contribution in [3.8, 4) is 0 Å². The molecule has 0 radical (unpaired) electrons. The summed E-state index contributed by atoms with van der Waals surface area (Å²) in [4.78, 5) is 0. The molecule has 2 rings (SSSR count). The molecule has 1 aromatic carbocycles. The summed E-state index contributed by atoms with van der Waals surface area (Å²) in [5.41, 5.74) is 2.67. The van der Waals surface area contributed by atoms with Gasteiger partial charge >= 0.3 is 0 Å². The van der Waals surface area contributed by atoms with Gasteiger partial charge in [0, 0.05) is 12.5 Å². The van der Waals surface area contributed by atoms with Crippen LogP contribution in [-0.2, 0) is 4.74 Å². The minimum Gasteiger partial charge on any atom is -0.378 e. The van der Waals surface area contributed by atoms with E-state index >= 15 is 0 Å². The van der Waals surface area contributed by atoms with E-state index in [-0.39, 0.29) is 0 Å². The lowest BCUT2D eigenvalue weighted by Crippen LogP contribution is -2.09. The lowest BCUT2D eigenvalue weighted by atomic mass is 9.93. The van der Waals surface area contributed by atoms with Crippen LogP contribution < -0.4 is 0 Å². The van der Waals surface area contributed by atoms with Gasteiger partial charge in [0.05, 0.1) is 6.10 Å². The second-order valence-electron chi connectivity index (χ2n) is 4.97. The topological polar surface area (TPSA) is 9.23 Å². The Balaban J connectivity index is 1.89. The quantitative estimate of drug-likeness (QED) is 0.711. The molecule has 0 spiro atoms. The molecular weight excluding hydrogens is 232 g/mol. The van der Waals surface area contributed by atoms with Crippen LogP contribution in [-0.4, -0.2) is 18.6 Å². The highest BCUT2D eigenvalue weighted by Gasteiger charge is 2.18. The first-order chi connectivity index (χ1) is 8.29. The molecule has 1 aliphatic rings. The zero-order valence-electron chi connectivity index (χ0n) is 10.5. The monoisotopic (exact) mass is 252 g/mol. The molecule has 1 fully saturated rings. The standard InChI is InChI=1S/C15H21ClO/c1-12-4-6-13(7-5-12)14(11-16)8-9-15-3-2-10-17-15/h4-7,14-15H,2-3,8-11H2,1H3. The Bertz CT molecular complexity index is 327. The average Bonchev–Trinajstić information content (AvgIpc) is 2.85. The maximum atomic E-state index is 6.09. The zero-order chi connectivity index (χ0) is 12.1. The zero-order valence-corrected chi connectivity index (χ0v) is 11.2. The lowest BCUT2D eigenvalue weighted by molar-refractivity contribution is 0.101. The Morgan fingerprint density at radius 2 is 2.12 bits per heavy atom. The predicted octanol–water partition coefficient (Wildman–Crippen LogP) is 4.28. The van der Waals surface area contributed by atoms with E-state index in [1.54, 1.807) is 0 Å². The van der Waals surface area contributed by atoms with Crippen molar-refractivity contribution in [2.45, 2.75) is 44.6 Å². The molecule has 2 heteroatoms. The van der Waals surface area contributed by atoms with Crippen LogP contribution in [0.4, 0.5) is 0 Å². The number of hydrogen-bond donors (Lipinski definition) is 0. The molecule has 0 aliphatic carbocycles. The molecule has 2 atom stereocenters. The fraction of sp³-hybridized carbons (Fsp3) is 0.600. The third-order valence-corrected chi connectivity index (χ3v) is 3.97. The van der Waals surface area contributed by atoms with Crippen LogP contribution in [0.2, 0.25) is 0 Å². The fourth-order valence-corrected chi connectivity index (χ4v) is 2.76. The molecule has 0 bridgehead atoms. The number of alkyl halides is 1. The third kappa shape index (κ3) is 3.72. The summed E-state index contributed by atoms with van der Waals surface area (Å²) < 4.78 is 5.66. The maximum Gasteiger partial charge on any atom is 0.0576 e. The number of halogens is 1. The molecule has 1 saturated heterocycles. The van der Waals surface area contributed by atoms with Gasteiger partial charge in [-0.1, -0.05) is 29.8 Å². The molecule has 1 nitrogen and oxygen atoms in total. The third-order valence-electron chi connectivity index (χ3n) is 3.60. The normalized spacial score (nSPS) is 21.6. The van der Waals surface area contributed by atoms with Gasteiger partial charge in [0.25, 0.3) is 0 Å². The molecule has 94 valence electrons. The van der Waals surface area contributed by atoms with Gasteiger partial charge in [-0.3, -0.25) is 0 Å². The van der Waals surface area contributed by atoms with Crippen LogP contribution in [0.5, 0.6) is 0 Å². The van der Waals surface area contributed by atoms with Crippen molar-refractivity contribution < 1.29 is 4.74 Å². The summed E-state index contributed by atoms with van der Waals surface area (Å²) >= 11 is 6.09. The van der Waals surface area contributed by atoms with E-state index in [9.17, 15) is 0 Å². The minimum atomic E-state index is 0.474.